The van der Waals surface area contributed by atoms with Gasteiger partial charge >= 0.3 is 0 Å². The SMILES string of the molecule is CN=C(NCC(C)c1cccs1)NC1CCN(C(=O)C(C)C)C1. The molecule has 0 bridgehead atoms. The Labute approximate surface area is 143 Å². The van der Waals surface area contributed by atoms with Crippen molar-refractivity contribution < 1.29 is 4.79 Å². The molecule has 1 amide bonds. The van der Waals surface area contributed by atoms with E-state index >= 15 is 0 Å². The maximum Gasteiger partial charge on any atom is 0.225 e. The molecule has 5 nitrogen and oxygen atoms in total. The van der Waals surface area contributed by atoms with Crippen LogP contribution >= 0.6 is 11.3 Å². The molecule has 0 radical (unpaired) electrons. The molecule has 0 aromatic carbocycles. The summed E-state index contributed by atoms with van der Waals surface area (Å²) >= 11 is 1.78. The van der Waals surface area contributed by atoms with Gasteiger partial charge in [0.2, 0.25) is 5.91 Å². The Balaban J connectivity index is 1.78. The molecule has 1 aromatic heterocycles. The second-order valence-electron chi connectivity index (χ2n) is 6.44. The molecular formula is C17H28N4OS. The lowest BCUT2D eigenvalue weighted by Crippen LogP contribution is -2.46. The summed E-state index contributed by atoms with van der Waals surface area (Å²) in [7, 11) is 1.79. The highest BCUT2D eigenvalue weighted by Crippen LogP contribution is 2.19. The summed E-state index contributed by atoms with van der Waals surface area (Å²) in [6, 6.07) is 4.53. The highest BCUT2D eigenvalue weighted by atomic mass is 32.1. The van der Waals surface area contributed by atoms with Crippen LogP contribution < -0.4 is 10.6 Å². The standard InChI is InChI=1S/C17H28N4OS/c1-12(2)16(22)21-8-7-14(11-21)20-17(18-4)19-10-13(3)15-6-5-9-23-15/h5-6,9,12-14H,7-8,10-11H2,1-4H3,(H2,18,19,20). The van der Waals surface area contributed by atoms with Gasteiger partial charge in [-0.15, -0.1) is 11.3 Å². The molecule has 2 rings (SSSR count). The number of guanidine groups is 1. The fraction of sp³-hybridized carbons (Fsp3) is 0.647. The Morgan fingerprint density at radius 1 is 1.48 bits per heavy atom. The van der Waals surface area contributed by atoms with E-state index in [1.165, 1.54) is 4.88 Å². The minimum absolute atomic E-state index is 0.0674. The Kier molecular flexibility index (Phi) is 6.45. The predicted octanol–water partition coefficient (Wildman–Crippen LogP) is 2.27. The predicted molar refractivity (Wildman–Crippen MR) is 97.1 cm³/mol. The molecule has 2 N–H and O–H groups in total. The first-order valence-corrected chi connectivity index (χ1v) is 9.18. The summed E-state index contributed by atoms with van der Waals surface area (Å²) < 4.78 is 0. The van der Waals surface area contributed by atoms with E-state index in [2.05, 4.69) is 40.1 Å². The van der Waals surface area contributed by atoms with Gasteiger partial charge in [0.05, 0.1) is 0 Å². The van der Waals surface area contributed by atoms with Crippen LogP contribution in [0.3, 0.4) is 0 Å². The summed E-state index contributed by atoms with van der Waals surface area (Å²) in [6.07, 6.45) is 0.972. The molecule has 1 saturated heterocycles. The number of carbonyl (C=O) groups is 1. The fourth-order valence-corrected chi connectivity index (χ4v) is 3.54. The van der Waals surface area contributed by atoms with Gasteiger partial charge in [0.25, 0.3) is 0 Å². The number of hydrogen-bond donors (Lipinski definition) is 2. The average Bonchev–Trinajstić information content (AvgIpc) is 3.21. The summed E-state index contributed by atoms with van der Waals surface area (Å²) in [5.74, 6) is 1.58. The Bertz CT molecular complexity index is 527. The van der Waals surface area contributed by atoms with Gasteiger partial charge in [0.15, 0.2) is 5.96 Å². The Morgan fingerprint density at radius 3 is 2.87 bits per heavy atom. The van der Waals surface area contributed by atoms with Crippen molar-refractivity contribution in [2.45, 2.75) is 39.2 Å². The smallest absolute Gasteiger partial charge is 0.225 e. The van der Waals surface area contributed by atoms with Crippen LogP contribution in [0.4, 0.5) is 0 Å². The van der Waals surface area contributed by atoms with Crippen LogP contribution in [0.15, 0.2) is 22.5 Å². The average molecular weight is 337 g/mol. The molecule has 2 heterocycles. The molecule has 2 atom stereocenters. The van der Waals surface area contributed by atoms with Crippen molar-refractivity contribution in [3.05, 3.63) is 22.4 Å². The number of amides is 1. The van der Waals surface area contributed by atoms with Crippen molar-refractivity contribution in [3.63, 3.8) is 0 Å². The van der Waals surface area contributed by atoms with Gasteiger partial charge in [-0.25, -0.2) is 0 Å². The molecular weight excluding hydrogens is 308 g/mol. The third-order valence-corrected chi connectivity index (χ3v) is 5.27. The number of thiophene rings is 1. The van der Waals surface area contributed by atoms with E-state index < -0.39 is 0 Å². The molecule has 1 fully saturated rings. The monoisotopic (exact) mass is 336 g/mol. The van der Waals surface area contributed by atoms with Crippen LogP contribution in [0.25, 0.3) is 0 Å². The highest BCUT2D eigenvalue weighted by molar-refractivity contribution is 7.10. The number of rotatable bonds is 5. The van der Waals surface area contributed by atoms with Crippen molar-refractivity contribution in [1.82, 2.24) is 15.5 Å². The van der Waals surface area contributed by atoms with Gasteiger partial charge in [-0.3, -0.25) is 9.79 Å². The minimum atomic E-state index is 0.0674. The van der Waals surface area contributed by atoms with Crippen molar-refractivity contribution in [3.8, 4) is 0 Å². The van der Waals surface area contributed by atoms with E-state index in [-0.39, 0.29) is 17.9 Å². The first-order valence-electron chi connectivity index (χ1n) is 8.30. The quantitative estimate of drug-likeness (QED) is 0.641. The van der Waals surface area contributed by atoms with Gasteiger partial charge in [0.1, 0.15) is 0 Å². The summed E-state index contributed by atoms with van der Waals surface area (Å²) in [6.45, 7) is 8.56. The number of nitrogens with zero attached hydrogens (tertiary/aromatic N) is 2. The lowest BCUT2D eigenvalue weighted by Gasteiger charge is -2.21. The largest absolute Gasteiger partial charge is 0.356 e. The van der Waals surface area contributed by atoms with Gasteiger partial charge < -0.3 is 15.5 Å². The number of carbonyl (C=O) groups excluding carboxylic acids is 1. The van der Waals surface area contributed by atoms with E-state index in [9.17, 15) is 4.79 Å². The fourth-order valence-electron chi connectivity index (χ4n) is 2.75. The number of nitrogens with one attached hydrogen (secondary N) is 2. The molecule has 1 aliphatic rings. The summed E-state index contributed by atoms with van der Waals surface area (Å²) in [4.78, 5) is 19.7. The van der Waals surface area contributed by atoms with Gasteiger partial charge in [-0.05, 0) is 17.9 Å². The number of aliphatic imine (C=N–C) groups is 1. The van der Waals surface area contributed by atoms with Crippen LogP contribution in [0.1, 0.15) is 38.0 Å². The maximum absolute atomic E-state index is 12.0. The van der Waals surface area contributed by atoms with Crippen LogP contribution in [0.5, 0.6) is 0 Å². The van der Waals surface area contributed by atoms with Crippen LogP contribution in [0, 0.1) is 5.92 Å². The first-order chi connectivity index (χ1) is 11.0. The first kappa shape index (κ1) is 17.8. The zero-order valence-corrected chi connectivity index (χ0v) is 15.3. The lowest BCUT2D eigenvalue weighted by molar-refractivity contribution is -0.133. The van der Waals surface area contributed by atoms with Gasteiger partial charge in [0, 0.05) is 49.4 Å². The summed E-state index contributed by atoms with van der Waals surface area (Å²) in [5, 5.41) is 8.94. The molecule has 1 aromatic rings. The van der Waals surface area contributed by atoms with E-state index in [4.69, 9.17) is 0 Å². The normalized spacial score (nSPS) is 20.0. The molecule has 23 heavy (non-hydrogen) atoms. The van der Waals surface area contributed by atoms with E-state index in [1.807, 2.05) is 18.7 Å². The van der Waals surface area contributed by atoms with Gasteiger partial charge in [-0.2, -0.15) is 0 Å². The molecule has 0 aliphatic carbocycles. The van der Waals surface area contributed by atoms with E-state index in [0.717, 1.165) is 32.0 Å². The van der Waals surface area contributed by atoms with E-state index in [1.54, 1.807) is 18.4 Å². The Hall–Kier alpha value is -1.56. The van der Waals surface area contributed by atoms with Crippen molar-refractivity contribution in [2.75, 3.05) is 26.7 Å². The highest BCUT2D eigenvalue weighted by Gasteiger charge is 2.27. The zero-order valence-electron chi connectivity index (χ0n) is 14.5. The van der Waals surface area contributed by atoms with E-state index in [0.29, 0.717) is 5.92 Å². The second-order valence-corrected chi connectivity index (χ2v) is 7.42. The van der Waals surface area contributed by atoms with Crippen molar-refractivity contribution in [1.29, 1.82) is 0 Å². The van der Waals surface area contributed by atoms with Crippen LogP contribution in [-0.4, -0.2) is 49.5 Å². The van der Waals surface area contributed by atoms with Crippen LogP contribution in [0.2, 0.25) is 0 Å². The Morgan fingerprint density at radius 2 is 2.26 bits per heavy atom. The molecule has 128 valence electrons. The minimum Gasteiger partial charge on any atom is -0.356 e. The lowest BCUT2D eigenvalue weighted by atomic mass is 10.1. The zero-order chi connectivity index (χ0) is 16.8. The molecule has 1 aliphatic heterocycles. The van der Waals surface area contributed by atoms with Crippen LogP contribution in [-0.2, 0) is 4.79 Å². The third kappa shape index (κ3) is 4.96. The maximum atomic E-state index is 12.0. The number of likely N-dealkylation sites (tertiary alicyclic amines) is 1. The molecule has 6 heteroatoms. The number of hydrogen-bond acceptors (Lipinski definition) is 3. The summed E-state index contributed by atoms with van der Waals surface area (Å²) in [5.41, 5.74) is 0. The molecule has 0 spiro atoms. The second kappa shape index (κ2) is 8.34. The third-order valence-electron chi connectivity index (χ3n) is 4.16. The molecule has 2 unspecified atom stereocenters. The van der Waals surface area contributed by atoms with Crippen molar-refractivity contribution >= 4 is 23.2 Å². The van der Waals surface area contributed by atoms with Crippen molar-refractivity contribution in [2.24, 2.45) is 10.9 Å². The van der Waals surface area contributed by atoms with Gasteiger partial charge in [-0.1, -0.05) is 26.8 Å². The molecule has 0 saturated carbocycles. The topological polar surface area (TPSA) is 56.7 Å².